The Morgan fingerprint density at radius 2 is 1.71 bits per heavy atom. The van der Waals surface area contributed by atoms with Crippen LogP contribution < -0.4 is 25.8 Å². The molecule has 14 heteroatoms. The van der Waals surface area contributed by atoms with Gasteiger partial charge in [-0.1, -0.05) is 25.5 Å². The molecule has 1 aliphatic rings. The summed E-state index contributed by atoms with van der Waals surface area (Å²) in [5.74, 6) is 0.0494. The maximum Gasteiger partial charge on any atom is 0.242 e. The lowest BCUT2D eigenvalue weighted by molar-refractivity contribution is -0.134. The number of unbranched alkanes of at least 4 members (excludes halogenated alkanes) is 2. The van der Waals surface area contributed by atoms with Gasteiger partial charge in [0.15, 0.2) is 0 Å². The fourth-order valence-electron chi connectivity index (χ4n) is 5.80. The maximum absolute atomic E-state index is 13.6. The van der Waals surface area contributed by atoms with Gasteiger partial charge in [-0.2, -0.15) is 4.31 Å². The van der Waals surface area contributed by atoms with Crippen LogP contribution in [0, 0.1) is 5.92 Å². The highest BCUT2D eigenvalue weighted by Crippen LogP contribution is 2.30. The van der Waals surface area contributed by atoms with Crippen molar-refractivity contribution in [3.63, 3.8) is 0 Å². The van der Waals surface area contributed by atoms with Gasteiger partial charge >= 0.3 is 0 Å². The predicted molar refractivity (Wildman–Crippen MR) is 196 cm³/mol. The summed E-state index contributed by atoms with van der Waals surface area (Å²) in [4.78, 5) is 40.4. The first-order valence-electron chi connectivity index (χ1n) is 17.1. The molecular formula is C37H49N5O8S. The Bertz CT molecular complexity index is 1770. The number of benzene rings is 3. The number of nitrogens with two attached hydrogens (primary N) is 1. The number of ether oxygens (including phenoxy) is 2. The van der Waals surface area contributed by atoms with Crippen molar-refractivity contribution < 1.29 is 37.4 Å². The molecule has 51 heavy (non-hydrogen) atoms. The molecule has 0 unspecified atom stereocenters. The van der Waals surface area contributed by atoms with E-state index in [0.29, 0.717) is 59.8 Å². The minimum Gasteiger partial charge on any atom is -0.497 e. The summed E-state index contributed by atoms with van der Waals surface area (Å²) in [6.45, 7) is 3.62. The summed E-state index contributed by atoms with van der Waals surface area (Å²) >= 11 is 0. The van der Waals surface area contributed by atoms with Gasteiger partial charge in [0.05, 0.1) is 49.0 Å². The standard InChI is InChI=1S/C37H49N5O8S/c1-25-22-42(26(2)24-43)37(46)21-27-20-28(39-35(44)12-6-5-7-13-36(45)40-32-11-9-8-10-31(32)38)14-19-33(27)50-34(25)23-41(3)51(47,48)30-17-15-29(49-4)16-18-30/h8-11,14-20,25-26,34,43H,5-7,12-13,21-24,38H2,1-4H3,(H,39,44)(H,40,45)/t25-,26-,34+/m1/s1. The SMILES string of the molecule is COc1ccc(S(=O)(=O)N(C)C[C@@H]2Oc3ccc(NC(=O)CCCCCC(=O)Nc4ccccc4N)cc3CC(=O)N([C@H](C)CO)C[C@H]2C)cc1. The van der Waals surface area contributed by atoms with Crippen LogP contribution in [-0.4, -0.2) is 86.5 Å². The van der Waals surface area contributed by atoms with Crippen LogP contribution in [0.25, 0.3) is 0 Å². The second kappa shape index (κ2) is 18.0. The van der Waals surface area contributed by atoms with Gasteiger partial charge < -0.3 is 35.8 Å². The fourth-order valence-corrected chi connectivity index (χ4v) is 6.98. The van der Waals surface area contributed by atoms with Crippen LogP contribution in [0.5, 0.6) is 11.5 Å². The van der Waals surface area contributed by atoms with Crippen LogP contribution in [-0.2, 0) is 30.8 Å². The number of hydrogen-bond donors (Lipinski definition) is 4. The number of hydrogen-bond acceptors (Lipinski definition) is 9. The quantitative estimate of drug-likeness (QED) is 0.132. The summed E-state index contributed by atoms with van der Waals surface area (Å²) in [6, 6.07) is 17.8. The second-order valence-corrected chi connectivity index (χ2v) is 15.0. The van der Waals surface area contributed by atoms with Crippen LogP contribution in [0.1, 0.15) is 51.5 Å². The van der Waals surface area contributed by atoms with E-state index >= 15 is 0 Å². The van der Waals surface area contributed by atoms with E-state index in [2.05, 4.69) is 10.6 Å². The van der Waals surface area contributed by atoms with Gasteiger partial charge in [0, 0.05) is 43.6 Å². The van der Waals surface area contributed by atoms with Crippen LogP contribution in [0.15, 0.2) is 71.6 Å². The number of nitrogen functional groups attached to an aromatic ring is 1. The van der Waals surface area contributed by atoms with E-state index in [1.807, 2.05) is 6.92 Å². The zero-order chi connectivity index (χ0) is 37.1. The Kier molecular flexibility index (Phi) is 13.8. The van der Waals surface area contributed by atoms with Gasteiger partial charge in [-0.3, -0.25) is 14.4 Å². The number of carbonyl (C=O) groups is 3. The lowest BCUT2D eigenvalue weighted by Crippen LogP contribution is -2.48. The zero-order valence-electron chi connectivity index (χ0n) is 29.6. The van der Waals surface area contributed by atoms with Crippen molar-refractivity contribution in [3.05, 3.63) is 72.3 Å². The van der Waals surface area contributed by atoms with E-state index in [0.717, 1.165) is 0 Å². The maximum atomic E-state index is 13.6. The van der Waals surface area contributed by atoms with Crippen molar-refractivity contribution in [3.8, 4) is 11.5 Å². The molecule has 5 N–H and O–H groups in total. The average Bonchev–Trinajstić information content (AvgIpc) is 3.15. The number of fused-ring (bicyclic) bond motifs is 1. The molecule has 1 heterocycles. The second-order valence-electron chi connectivity index (χ2n) is 12.9. The number of aliphatic hydroxyl groups excluding tert-OH is 1. The molecule has 0 fully saturated rings. The predicted octanol–water partition coefficient (Wildman–Crippen LogP) is 4.27. The zero-order valence-corrected chi connectivity index (χ0v) is 30.4. The van der Waals surface area contributed by atoms with Crippen LogP contribution >= 0.6 is 0 Å². The van der Waals surface area contributed by atoms with Crippen LogP contribution in [0.2, 0.25) is 0 Å². The topological polar surface area (TPSA) is 181 Å². The van der Waals surface area contributed by atoms with Gasteiger partial charge in [0.1, 0.15) is 17.6 Å². The molecule has 276 valence electrons. The van der Waals surface area contributed by atoms with Crippen LogP contribution in [0.3, 0.4) is 0 Å². The molecule has 3 amide bonds. The highest BCUT2D eigenvalue weighted by Gasteiger charge is 2.33. The summed E-state index contributed by atoms with van der Waals surface area (Å²) < 4.78 is 39.8. The van der Waals surface area contributed by atoms with Gasteiger partial charge in [-0.15, -0.1) is 0 Å². The van der Waals surface area contributed by atoms with E-state index in [1.54, 1.807) is 66.4 Å². The monoisotopic (exact) mass is 723 g/mol. The molecule has 0 aromatic heterocycles. The third-order valence-electron chi connectivity index (χ3n) is 8.95. The van der Waals surface area contributed by atoms with Gasteiger partial charge in [0.25, 0.3) is 0 Å². The Morgan fingerprint density at radius 3 is 2.35 bits per heavy atom. The number of amides is 3. The molecule has 4 rings (SSSR count). The number of nitrogens with one attached hydrogen (secondary N) is 2. The Morgan fingerprint density at radius 1 is 1.04 bits per heavy atom. The number of para-hydroxylation sites is 2. The highest BCUT2D eigenvalue weighted by molar-refractivity contribution is 7.89. The molecule has 0 saturated carbocycles. The van der Waals surface area contributed by atoms with Crippen molar-refractivity contribution >= 4 is 44.8 Å². The van der Waals surface area contributed by atoms with Gasteiger partial charge in [-0.05, 0) is 74.4 Å². The minimum absolute atomic E-state index is 0.00896. The normalized spacial score (nSPS) is 17.0. The molecule has 1 aliphatic heterocycles. The third-order valence-corrected chi connectivity index (χ3v) is 10.8. The number of likely N-dealkylation sites (N-methyl/N-ethyl adjacent to an activating group) is 1. The summed E-state index contributed by atoms with van der Waals surface area (Å²) in [7, 11) is -0.898. The number of aliphatic hydroxyl groups is 1. The number of methoxy groups -OCH3 is 1. The molecule has 3 aromatic carbocycles. The molecule has 0 aliphatic carbocycles. The molecule has 13 nitrogen and oxygen atoms in total. The van der Waals surface area contributed by atoms with Crippen molar-refractivity contribution in [1.82, 2.24) is 9.21 Å². The highest BCUT2D eigenvalue weighted by atomic mass is 32.2. The average molecular weight is 724 g/mol. The lowest BCUT2D eigenvalue weighted by Gasteiger charge is -2.33. The summed E-state index contributed by atoms with van der Waals surface area (Å²) in [5.41, 5.74) is 7.97. The Labute approximate surface area is 300 Å². The van der Waals surface area contributed by atoms with Crippen molar-refractivity contribution in [2.75, 3.05) is 50.2 Å². The molecule has 3 atom stereocenters. The molecular weight excluding hydrogens is 675 g/mol. The molecule has 0 radical (unpaired) electrons. The van der Waals surface area contributed by atoms with Crippen molar-refractivity contribution in [2.45, 2.75) is 69.4 Å². The van der Waals surface area contributed by atoms with E-state index in [4.69, 9.17) is 15.2 Å². The van der Waals surface area contributed by atoms with Crippen molar-refractivity contribution in [1.29, 1.82) is 0 Å². The smallest absolute Gasteiger partial charge is 0.242 e. The van der Waals surface area contributed by atoms with E-state index in [1.165, 1.54) is 30.6 Å². The summed E-state index contributed by atoms with van der Waals surface area (Å²) in [6.07, 6.45) is 1.73. The number of anilines is 3. The largest absolute Gasteiger partial charge is 0.497 e. The Balaban J connectivity index is 1.42. The number of carbonyl (C=O) groups excluding carboxylic acids is 3. The molecule has 0 spiro atoms. The van der Waals surface area contributed by atoms with E-state index in [-0.39, 0.29) is 61.1 Å². The van der Waals surface area contributed by atoms with E-state index < -0.39 is 22.2 Å². The lowest BCUT2D eigenvalue weighted by atomic mass is 10.0. The number of rotatable bonds is 15. The van der Waals surface area contributed by atoms with E-state index in [9.17, 15) is 27.9 Å². The first kappa shape index (κ1) is 39.1. The summed E-state index contributed by atoms with van der Waals surface area (Å²) in [5, 5.41) is 15.6. The first-order chi connectivity index (χ1) is 24.3. The van der Waals surface area contributed by atoms with Crippen LogP contribution in [0.4, 0.5) is 17.1 Å². The fraction of sp³-hybridized carbons (Fsp3) is 0.432. The molecule has 0 saturated heterocycles. The Hall–Kier alpha value is -4.66. The van der Waals surface area contributed by atoms with Gasteiger partial charge in [-0.25, -0.2) is 8.42 Å². The van der Waals surface area contributed by atoms with Gasteiger partial charge in [0.2, 0.25) is 27.7 Å². The molecule has 0 bridgehead atoms. The first-order valence-corrected chi connectivity index (χ1v) is 18.5. The third kappa shape index (κ3) is 10.7. The number of sulfonamides is 1. The number of nitrogens with zero attached hydrogens (tertiary/aromatic N) is 2. The molecule has 3 aromatic rings. The minimum atomic E-state index is -3.88. The van der Waals surface area contributed by atoms with Crippen molar-refractivity contribution in [2.24, 2.45) is 5.92 Å².